The molecule has 0 N–H and O–H groups in total. The maximum absolute atomic E-state index is 11.4. The zero-order valence-corrected chi connectivity index (χ0v) is 10.9. The Morgan fingerprint density at radius 2 is 2.28 bits per heavy atom. The van der Waals surface area contributed by atoms with Crippen LogP contribution in [0.2, 0.25) is 0 Å². The summed E-state index contributed by atoms with van der Waals surface area (Å²) in [4.78, 5) is 17.7. The molecule has 100 valence electrons. The number of aromatic nitrogens is 2. The fraction of sp³-hybridized carbons (Fsp3) is 0.750. The summed E-state index contributed by atoms with van der Waals surface area (Å²) in [7, 11) is 0. The molecule has 6 nitrogen and oxygen atoms in total. The van der Waals surface area contributed by atoms with Crippen LogP contribution in [-0.4, -0.2) is 40.7 Å². The first kappa shape index (κ1) is 13.0. The Bertz CT molecular complexity index is 401. The number of ether oxygens (including phenoxy) is 1. The van der Waals surface area contributed by atoms with Gasteiger partial charge in [0.25, 0.3) is 0 Å². The van der Waals surface area contributed by atoms with Gasteiger partial charge in [-0.05, 0) is 26.3 Å². The average Bonchev–Trinajstić information content (AvgIpc) is 3.10. The second-order valence-corrected chi connectivity index (χ2v) is 4.43. The number of rotatable bonds is 7. The quantitative estimate of drug-likeness (QED) is 0.683. The Kier molecular flexibility index (Phi) is 4.30. The minimum absolute atomic E-state index is 0.217. The van der Waals surface area contributed by atoms with Crippen LogP contribution >= 0.6 is 0 Å². The first-order valence-electron chi connectivity index (χ1n) is 6.43. The maximum Gasteiger partial charge on any atom is 0.320 e. The predicted octanol–water partition coefficient (Wildman–Crippen LogP) is 1.33. The van der Waals surface area contributed by atoms with Gasteiger partial charge in [-0.15, -0.1) is 0 Å². The smallest absolute Gasteiger partial charge is 0.320 e. The zero-order valence-electron chi connectivity index (χ0n) is 10.9. The van der Waals surface area contributed by atoms with E-state index in [9.17, 15) is 4.79 Å². The summed E-state index contributed by atoms with van der Waals surface area (Å²) in [5.41, 5.74) is 0. The van der Waals surface area contributed by atoms with Gasteiger partial charge >= 0.3 is 5.97 Å². The highest BCUT2D eigenvalue weighted by Crippen LogP contribution is 2.38. The van der Waals surface area contributed by atoms with Crippen molar-refractivity contribution in [3.63, 3.8) is 0 Å². The lowest BCUT2D eigenvalue weighted by atomic mass is 10.4. The predicted molar refractivity (Wildman–Crippen MR) is 63.9 cm³/mol. The van der Waals surface area contributed by atoms with Gasteiger partial charge < -0.3 is 9.26 Å². The van der Waals surface area contributed by atoms with Crippen molar-refractivity contribution in [3.8, 4) is 0 Å². The van der Waals surface area contributed by atoms with E-state index in [1.54, 1.807) is 6.92 Å². The zero-order chi connectivity index (χ0) is 13.0. The third-order valence-corrected chi connectivity index (χ3v) is 2.88. The molecule has 18 heavy (non-hydrogen) atoms. The highest BCUT2D eigenvalue weighted by atomic mass is 16.5. The van der Waals surface area contributed by atoms with E-state index in [0.29, 0.717) is 24.9 Å². The highest BCUT2D eigenvalue weighted by molar-refractivity contribution is 5.71. The first-order chi connectivity index (χ1) is 8.72. The molecule has 2 rings (SSSR count). The minimum Gasteiger partial charge on any atom is -0.465 e. The lowest BCUT2D eigenvalue weighted by Gasteiger charge is -2.16. The summed E-state index contributed by atoms with van der Waals surface area (Å²) in [5.74, 6) is 1.62. The Morgan fingerprint density at radius 3 is 2.89 bits per heavy atom. The molecule has 1 saturated carbocycles. The van der Waals surface area contributed by atoms with E-state index in [2.05, 4.69) is 10.1 Å². The number of carbonyl (C=O) groups is 1. The molecular formula is C12H19N3O3. The van der Waals surface area contributed by atoms with E-state index in [0.717, 1.165) is 25.3 Å². The van der Waals surface area contributed by atoms with Crippen LogP contribution in [0.3, 0.4) is 0 Å². The summed E-state index contributed by atoms with van der Waals surface area (Å²) in [5, 5.41) is 3.94. The summed E-state index contributed by atoms with van der Waals surface area (Å²) < 4.78 is 10.1. The molecule has 0 radical (unpaired) electrons. The van der Waals surface area contributed by atoms with E-state index >= 15 is 0 Å². The van der Waals surface area contributed by atoms with Crippen LogP contribution in [0.15, 0.2) is 4.52 Å². The molecule has 0 aliphatic heterocycles. The molecule has 6 heteroatoms. The van der Waals surface area contributed by atoms with E-state index in [-0.39, 0.29) is 12.5 Å². The van der Waals surface area contributed by atoms with Gasteiger partial charge in [0.2, 0.25) is 5.89 Å². The molecule has 1 fully saturated rings. The third kappa shape index (κ3) is 3.53. The molecule has 1 aromatic rings. The van der Waals surface area contributed by atoms with Crippen LogP contribution in [0, 0.1) is 0 Å². The second-order valence-electron chi connectivity index (χ2n) is 4.43. The van der Waals surface area contributed by atoms with Crippen LogP contribution in [0.1, 0.15) is 44.3 Å². The van der Waals surface area contributed by atoms with Crippen molar-refractivity contribution in [2.24, 2.45) is 0 Å². The van der Waals surface area contributed by atoms with Crippen LogP contribution in [0.25, 0.3) is 0 Å². The Balaban J connectivity index is 1.86. The van der Waals surface area contributed by atoms with Crippen molar-refractivity contribution in [2.75, 3.05) is 19.7 Å². The van der Waals surface area contributed by atoms with Gasteiger partial charge in [-0.1, -0.05) is 12.1 Å². The molecule has 0 unspecified atom stereocenters. The highest BCUT2D eigenvalue weighted by Gasteiger charge is 2.29. The van der Waals surface area contributed by atoms with E-state index in [4.69, 9.17) is 9.26 Å². The Morgan fingerprint density at radius 1 is 1.50 bits per heavy atom. The summed E-state index contributed by atoms with van der Waals surface area (Å²) >= 11 is 0. The average molecular weight is 253 g/mol. The lowest BCUT2D eigenvalue weighted by Crippen LogP contribution is -2.30. The number of hydrogen-bond acceptors (Lipinski definition) is 6. The van der Waals surface area contributed by atoms with Crippen molar-refractivity contribution in [3.05, 3.63) is 11.7 Å². The van der Waals surface area contributed by atoms with Gasteiger partial charge in [-0.25, -0.2) is 0 Å². The first-order valence-corrected chi connectivity index (χ1v) is 6.43. The molecule has 0 spiro atoms. The van der Waals surface area contributed by atoms with Crippen LogP contribution < -0.4 is 0 Å². The van der Waals surface area contributed by atoms with Gasteiger partial charge in [0.1, 0.15) is 0 Å². The topological polar surface area (TPSA) is 68.5 Å². The number of esters is 1. The Hall–Kier alpha value is -1.43. The van der Waals surface area contributed by atoms with Crippen LogP contribution in [0.4, 0.5) is 0 Å². The number of carbonyl (C=O) groups excluding carboxylic acids is 1. The van der Waals surface area contributed by atoms with Gasteiger partial charge in [0.05, 0.1) is 19.7 Å². The number of hydrogen-bond donors (Lipinski definition) is 0. The molecule has 0 saturated heterocycles. The molecule has 0 amide bonds. The Labute approximate surface area is 106 Å². The molecule has 0 aromatic carbocycles. The number of likely N-dealkylation sites (N-methyl/N-ethyl adjacent to an activating group) is 1. The largest absolute Gasteiger partial charge is 0.465 e. The van der Waals surface area contributed by atoms with Crippen molar-refractivity contribution in [1.82, 2.24) is 15.0 Å². The monoisotopic (exact) mass is 253 g/mol. The molecule has 0 atom stereocenters. The maximum atomic E-state index is 11.4. The fourth-order valence-corrected chi connectivity index (χ4v) is 1.70. The van der Waals surface area contributed by atoms with E-state index in [1.807, 2.05) is 11.8 Å². The normalized spacial score (nSPS) is 15.1. The summed E-state index contributed by atoms with van der Waals surface area (Å²) in [6.07, 6.45) is 2.28. The molecule has 1 aromatic heterocycles. The van der Waals surface area contributed by atoms with E-state index < -0.39 is 0 Å². The molecule has 1 aliphatic carbocycles. The van der Waals surface area contributed by atoms with Gasteiger partial charge in [-0.3, -0.25) is 9.69 Å². The molecule has 1 aliphatic rings. The molecular weight excluding hydrogens is 234 g/mol. The van der Waals surface area contributed by atoms with Gasteiger partial charge in [-0.2, -0.15) is 4.98 Å². The van der Waals surface area contributed by atoms with Crippen molar-refractivity contribution in [1.29, 1.82) is 0 Å². The van der Waals surface area contributed by atoms with Crippen molar-refractivity contribution < 1.29 is 14.1 Å². The van der Waals surface area contributed by atoms with Crippen LogP contribution in [-0.2, 0) is 16.1 Å². The van der Waals surface area contributed by atoms with Gasteiger partial charge in [0.15, 0.2) is 5.82 Å². The molecule has 1 heterocycles. The minimum atomic E-state index is -0.217. The standard InChI is InChI=1S/C12H19N3O3/c1-3-15(8-11(16)17-4-2)7-10-13-12(18-14-10)9-5-6-9/h9H,3-8H2,1-2H3. The van der Waals surface area contributed by atoms with Crippen molar-refractivity contribution in [2.45, 2.75) is 39.2 Å². The lowest BCUT2D eigenvalue weighted by molar-refractivity contribution is -0.144. The van der Waals surface area contributed by atoms with Gasteiger partial charge in [0, 0.05) is 5.92 Å². The summed E-state index contributed by atoms with van der Waals surface area (Å²) in [6, 6.07) is 0. The second kappa shape index (κ2) is 5.95. The molecule has 0 bridgehead atoms. The SMILES string of the molecule is CCOC(=O)CN(CC)Cc1noc(C2CC2)n1. The third-order valence-electron chi connectivity index (χ3n) is 2.88. The fourth-order valence-electron chi connectivity index (χ4n) is 1.70. The van der Waals surface area contributed by atoms with Crippen molar-refractivity contribution >= 4 is 5.97 Å². The van der Waals surface area contributed by atoms with E-state index in [1.165, 1.54) is 0 Å². The number of nitrogens with zero attached hydrogens (tertiary/aromatic N) is 3. The van der Waals surface area contributed by atoms with Crippen LogP contribution in [0.5, 0.6) is 0 Å². The summed E-state index contributed by atoms with van der Waals surface area (Å²) in [6.45, 7) is 5.72.